The van der Waals surface area contributed by atoms with E-state index in [0.29, 0.717) is 12.5 Å². The van der Waals surface area contributed by atoms with Crippen LogP contribution in [0.2, 0.25) is 0 Å². The third kappa shape index (κ3) is 7.35. The van der Waals surface area contributed by atoms with Crippen LogP contribution in [0.25, 0.3) is 0 Å². The molecule has 0 saturated heterocycles. The van der Waals surface area contributed by atoms with Gasteiger partial charge >= 0.3 is 0 Å². The van der Waals surface area contributed by atoms with Crippen LogP contribution in [0.3, 0.4) is 0 Å². The van der Waals surface area contributed by atoms with E-state index in [1.54, 1.807) is 0 Å². The minimum Gasteiger partial charge on any atom is -0.378 e. The lowest BCUT2D eigenvalue weighted by atomic mass is 10.2. The number of nitriles is 1. The summed E-state index contributed by atoms with van der Waals surface area (Å²) < 4.78 is 5.43. The van der Waals surface area contributed by atoms with E-state index < -0.39 is 0 Å². The molecule has 0 amide bonds. The Bertz CT molecular complexity index is 117. The van der Waals surface area contributed by atoms with Gasteiger partial charge in [-0.3, -0.25) is 0 Å². The van der Waals surface area contributed by atoms with E-state index >= 15 is 0 Å². The molecule has 64 valence electrons. The molecule has 11 heavy (non-hydrogen) atoms. The Morgan fingerprint density at radius 3 is 2.82 bits per heavy atom. The number of rotatable bonds is 6. The third-order valence-corrected chi connectivity index (χ3v) is 1.53. The van der Waals surface area contributed by atoms with Gasteiger partial charge in [-0.25, -0.2) is 0 Å². The van der Waals surface area contributed by atoms with Crippen molar-refractivity contribution in [3.63, 3.8) is 0 Å². The van der Waals surface area contributed by atoms with Crippen LogP contribution < -0.4 is 0 Å². The fourth-order valence-corrected chi connectivity index (χ4v) is 0.926. The average Bonchev–Trinajstić information content (AvgIpc) is 1.99. The molecule has 0 fully saturated rings. The molecular formula is C9H17NO. The molecule has 0 aromatic carbocycles. The molecule has 0 aromatic rings. The van der Waals surface area contributed by atoms with Crippen molar-refractivity contribution in [3.05, 3.63) is 0 Å². The zero-order valence-corrected chi connectivity index (χ0v) is 7.47. The van der Waals surface area contributed by atoms with Gasteiger partial charge in [0.05, 0.1) is 12.2 Å². The van der Waals surface area contributed by atoms with Crippen molar-refractivity contribution in [3.8, 4) is 6.07 Å². The van der Waals surface area contributed by atoms with Crippen molar-refractivity contribution >= 4 is 0 Å². The van der Waals surface area contributed by atoms with Crippen molar-refractivity contribution in [1.82, 2.24) is 0 Å². The summed E-state index contributed by atoms with van der Waals surface area (Å²) in [7, 11) is 0. The van der Waals surface area contributed by atoms with Crippen molar-refractivity contribution in [2.24, 2.45) is 0 Å². The van der Waals surface area contributed by atoms with E-state index in [1.165, 1.54) is 6.42 Å². The van der Waals surface area contributed by atoms with Gasteiger partial charge in [-0.1, -0.05) is 13.3 Å². The Morgan fingerprint density at radius 1 is 1.55 bits per heavy atom. The lowest BCUT2D eigenvalue weighted by Gasteiger charge is -2.10. The highest BCUT2D eigenvalue weighted by molar-refractivity contribution is 4.67. The maximum Gasteiger partial charge on any atom is 0.0622 e. The molecule has 0 bridgehead atoms. The second-order valence-electron chi connectivity index (χ2n) is 2.73. The minimum absolute atomic E-state index is 0.360. The molecule has 0 rings (SSSR count). The zero-order chi connectivity index (χ0) is 8.53. The molecule has 0 aliphatic carbocycles. The highest BCUT2D eigenvalue weighted by atomic mass is 16.5. The maximum atomic E-state index is 8.23. The van der Waals surface area contributed by atoms with E-state index in [-0.39, 0.29) is 0 Å². The van der Waals surface area contributed by atoms with Gasteiger partial charge in [-0.05, 0) is 19.8 Å². The predicted octanol–water partition coefficient (Wildman–Crippen LogP) is 2.50. The largest absolute Gasteiger partial charge is 0.378 e. The van der Waals surface area contributed by atoms with Gasteiger partial charge in [-0.2, -0.15) is 5.26 Å². The third-order valence-electron chi connectivity index (χ3n) is 1.53. The summed E-state index contributed by atoms with van der Waals surface area (Å²) in [5.41, 5.74) is 0. The Hall–Kier alpha value is -0.550. The van der Waals surface area contributed by atoms with Crippen molar-refractivity contribution in [2.75, 3.05) is 6.61 Å². The molecule has 0 saturated carbocycles. The maximum absolute atomic E-state index is 8.23. The van der Waals surface area contributed by atoms with Crippen molar-refractivity contribution in [2.45, 2.75) is 45.6 Å². The average molecular weight is 155 g/mol. The van der Waals surface area contributed by atoms with Crippen LogP contribution >= 0.6 is 0 Å². The first kappa shape index (κ1) is 10.4. The minimum atomic E-state index is 0.360. The Balaban J connectivity index is 3.05. The Kier molecular flexibility index (Phi) is 7.18. The molecule has 0 heterocycles. The van der Waals surface area contributed by atoms with Crippen molar-refractivity contribution < 1.29 is 4.74 Å². The van der Waals surface area contributed by atoms with Gasteiger partial charge in [0.15, 0.2) is 0 Å². The molecule has 1 atom stereocenters. The quantitative estimate of drug-likeness (QED) is 0.552. The van der Waals surface area contributed by atoms with Gasteiger partial charge in [0.1, 0.15) is 0 Å². The number of ether oxygens (including phenoxy) is 1. The molecule has 0 spiro atoms. The fraction of sp³-hybridized carbons (Fsp3) is 0.889. The van der Waals surface area contributed by atoms with E-state index in [0.717, 1.165) is 19.4 Å². The van der Waals surface area contributed by atoms with Gasteiger partial charge in [0, 0.05) is 13.0 Å². The highest BCUT2D eigenvalue weighted by Crippen LogP contribution is 2.01. The van der Waals surface area contributed by atoms with E-state index in [9.17, 15) is 0 Å². The van der Waals surface area contributed by atoms with Crippen LogP contribution in [-0.2, 0) is 4.74 Å². The van der Waals surface area contributed by atoms with Crippen LogP contribution in [0.15, 0.2) is 0 Å². The standard InChI is InChI=1S/C9H17NO/c1-3-6-9(2)11-8-5-4-7-10/h9H,3-6,8H2,1-2H3. The molecule has 0 aromatic heterocycles. The molecule has 1 unspecified atom stereocenters. The zero-order valence-electron chi connectivity index (χ0n) is 7.47. The van der Waals surface area contributed by atoms with E-state index in [2.05, 4.69) is 19.9 Å². The Labute approximate surface area is 69.2 Å². The lowest BCUT2D eigenvalue weighted by molar-refractivity contribution is 0.0588. The van der Waals surface area contributed by atoms with Crippen LogP contribution in [-0.4, -0.2) is 12.7 Å². The summed E-state index contributed by atoms with van der Waals surface area (Å²) in [6.07, 6.45) is 4.12. The van der Waals surface area contributed by atoms with E-state index in [4.69, 9.17) is 10.00 Å². The SMILES string of the molecule is CCCC(C)OCCCC#N. The molecule has 0 aliphatic rings. The summed E-state index contributed by atoms with van der Waals surface area (Å²) in [6, 6.07) is 2.09. The summed E-state index contributed by atoms with van der Waals surface area (Å²) >= 11 is 0. The van der Waals surface area contributed by atoms with Gasteiger partial charge in [0.2, 0.25) is 0 Å². The molecule has 0 N–H and O–H groups in total. The normalized spacial score (nSPS) is 12.5. The monoisotopic (exact) mass is 155 g/mol. The first-order chi connectivity index (χ1) is 5.31. The molecule has 2 nitrogen and oxygen atoms in total. The topological polar surface area (TPSA) is 33.0 Å². The molecule has 0 radical (unpaired) electrons. The summed E-state index contributed by atoms with van der Waals surface area (Å²) in [6.45, 7) is 4.96. The smallest absolute Gasteiger partial charge is 0.0622 e. The predicted molar refractivity (Wildman–Crippen MR) is 45.2 cm³/mol. The van der Waals surface area contributed by atoms with Crippen LogP contribution in [0.4, 0.5) is 0 Å². The fourth-order valence-electron chi connectivity index (χ4n) is 0.926. The number of hydrogen-bond donors (Lipinski definition) is 0. The second-order valence-corrected chi connectivity index (χ2v) is 2.73. The van der Waals surface area contributed by atoms with Crippen LogP contribution in [0, 0.1) is 11.3 Å². The summed E-state index contributed by atoms with van der Waals surface area (Å²) in [5, 5.41) is 8.23. The van der Waals surface area contributed by atoms with Crippen LogP contribution in [0.1, 0.15) is 39.5 Å². The summed E-state index contributed by atoms with van der Waals surface area (Å²) in [4.78, 5) is 0. The number of unbranched alkanes of at least 4 members (excludes halogenated alkanes) is 1. The molecular weight excluding hydrogens is 138 g/mol. The van der Waals surface area contributed by atoms with Crippen molar-refractivity contribution in [1.29, 1.82) is 5.26 Å². The molecule has 0 aliphatic heterocycles. The Morgan fingerprint density at radius 2 is 2.27 bits per heavy atom. The van der Waals surface area contributed by atoms with E-state index in [1.807, 2.05) is 0 Å². The lowest BCUT2D eigenvalue weighted by Crippen LogP contribution is -2.08. The van der Waals surface area contributed by atoms with Gasteiger partial charge in [-0.15, -0.1) is 0 Å². The summed E-state index contributed by atoms with van der Waals surface area (Å²) in [5.74, 6) is 0. The van der Waals surface area contributed by atoms with Crippen LogP contribution in [0.5, 0.6) is 0 Å². The first-order valence-corrected chi connectivity index (χ1v) is 4.29. The molecule has 2 heteroatoms. The number of nitrogens with zero attached hydrogens (tertiary/aromatic N) is 1. The second kappa shape index (κ2) is 7.56. The van der Waals surface area contributed by atoms with Gasteiger partial charge in [0.25, 0.3) is 0 Å². The number of hydrogen-bond acceptors (Lipinski definition) is 2. The van der Waals surface area contributed by atoms with Gasteiger partial charge < -0.3 is 4.74 Å². The first-order valence-electron chi connectivity index (χ1n) is 4.29. The highest BCUT2D eigenvalue weighted by Gasteiger charge is 1.98.